The topological polar surface area (TPSA) is 58.6 Å². The van der Waals surface area contributed by atoms with Crippen LogP contribution in [0.5, 0.6) is 5.75 Å². The Kier molecular flexibility index (Phi) is 4.20. The van der Waals surface area contributed by atoms with Crippen LogP contribution in [0.3, 0.4) is 0 Å². The maximum absolute atomic E-state index is 13.4. The number of hydrogen-bond acceptors (Lipinski definition) is 5. The van der Waals surface area contributed by atoms with Crippen LogP contribution in [-0.4, -0.2) is 42.0 Å². The molecule has 0 saturated heterocycles. The van der Waals surface area contributed by atoms with Crippen molar-refractivity contribution >= 4 is 17.4 Å². The summed E-state index contributed by atoms with van der Waals surface area (Å²) in [5, 5.41) is 0. The van der Waals surface area contributed by atoms with E-state index in [-0.39, 0.29) is 23.5 Å². The second-order valence-electron chi connectivity index (χ2n) is 7.84. The molecule has 1 atom stereocenters. The van der Waals surface area contributed by atoms with Crippen molar-refractivity contribution in [2.24, 2.45) is 5.92 Å². The van der Waals surface area contributed by atoms with Gasteiger partial charge in [0, 0.05) is 36.7 Å². The first-order valence-corrected chi connectivity index (χ1v) is 9.62. The molecule has 30 heavy (non-hydrogen) atoms. The van der Waals surface area contributed by atoms with Crippen LogP contribution in [0, 0.1) is 30.3 Å². The van der Waals surface area contributed by atoms with E-state index in [1.165, 1.54) is 0 Å². The van der Waals surface area contributed by atoms with Gasteiger partial charge in [0.2, 0.25) is 5.91 Å². The Bertz CT molecular complexity index is 1090. The molecule has 0 N–H and O–H groups in total. The number of amides is 1. The molecule has 9 heteroatoms. The first-order valence-electron chi connectivity index (χ1n) is 11.1. The summed E-state index contributed by atoms with van der Waals surface area (Å²) in [5.74, 6) is -3.72. The fraction of sp³-hybridized carbons (Fsp3) is 0.476. The summed E-state index contributed by atoms with van der Waals surface area (Å²) < 4.78 is 68.7. The normalized spacial score (nSPS) is 25.2. The van der Waals surface area contributed by atoms with Crippen molar-refractivity contribution in [2.75, 3.05) is 23.8 Å². The van der Waals surface area contributed by atoms with Crippen LogP contribution in [0.25, 0.3) is 0 Å². The minimum atomic E-state index is -2.66. The van der Waals surface area contributed by atoms with Gasteiger partial charge in [-0.05, 0) is 32.6 Å². The van der Waals surface area contributed by atoms with Crippen molar-refractivity contribution in [3.8, 4) is 5.75 Å². The molecule has 4 rings (SSSR count). The molecule has 0 radical (unpaired) electrons. The molecule has 6 nitrogen and oxygen atoms in total. The summed E-state index contributed by atoms with van der Waals surface area (Å²) in [7, 11) is 1.68. The quantitative estimate of drug-likeness (QED) is 0.706. The highest BCUT2D eigenvalue weighted by Crippen LogP contribution is 2.37. The number of aromatic nitrogens is 2. The molecule has 0 spiro atoms. The first kappa shape index (κ1) is 16.9. The van der Waals surface area contributed by atoms with Crippen LogP contribution >= 0.6 is 0 Å². The predicted molar refractivity (Wildman–Crippen MR) is 105 cm³/mol. The summed E-state index contributed by atoms with van der Waals surface area (Å²) in [4.78, 5) is 24.1. The van der Waals surface area contributed by atoms with Crippen molar-refractivity contribution < 1.29 is 26.8 Å². The number of ether oxygens (including phenoxy) is 1. The third-order valence-electron chi connectivity index (χ3n) is 5.73. The minimum absolute atomic E-state index is 0.0687. The smallest absolute Gasteiger partial charge is 0.249 e. The number of likely N-dealkylation sites (N-methyl/N-ethyl adjacent to an activating group) is 2. The number of carbonyl (C=O) groups is 1. The van der Waals surface area contributed by atoms with Gasteiger partial charge in [-0.2, -0.15) is 0 Å². The zero-order chi connectivity index (χ0) is 24.2. The molecular formula is C21H23F3N4O2. The van der Waals surface area contributed by atoms with Gasteiger partial charge in [-0.15, -0.1) is 0 Å². The van der Waals surface area contributed by atoms with E-state index < -0.39 is 36.4 Å². The van der Waals surface area contributed by atoms with Gasteiger partial charge in [0.05, 0.1) is 11.8 Å². The Balaban J connectivity index is 1.48. The van der Waals surface area contributed by atoms with Crippen molar-refractivity contribution in [1.82, 2.24) is 9.97 Å². The average Bonchev–Trinajstić information content (AvgIpc) is 2.68. The van der Waals surface area contributed by atoms with E-state index in [2.05, 4.69) is 9.97 Å². The lowest BCUT2D eigenvalue weighted by Crippen LogP contribution is -2.50. The van der Waals surface area contributed by atoms with Crippen molar-refractivity contribution in [3.05, 3.63) is 41.1 Å². The van der Waals surface area contributed by atoms with Gasteiger partial charge in [-0.3, -0.25) is 4.79 Å². The van der Waals surface area contributed by atoms with Crippen molar-refractivity contribution in [1.29, 1.82) is 0 Å². The Labute approximate surface area is 176 Å². The fourth-order valence-corrected chi connectivity index (χ4v) is 3.84. The maximum atomic E-state index is 13.4. The van der Waals surface area contributed by atoms with Gasteiger partial charge in [0.25, 0.3) is 0 Å². The number of anilines is 2. The number of nitrogens with zero attached hydrogens (tertiary/aromatic N) is 4. The Hall–Kier alpha value is -2.84. The lowest BCUT2D eigenvalue weighted by atomic mass is 9.80. The van der Waals surface area contributed by atoms with E-state index in [0.717, 1.165) is 17.0 Å². The van der Waals surface area contributed by atoms with Crippen LogP contribution in [0.15, 0.2) is 12.1 Å². The van der Waals surface area contributed by atoms with E-state index >= 15 is 0 Å². The Morgan fingerprint density at radius 1 is 1.23 bits per heavy atom. The predicted octanol–water partition coefficient (Wildman–Crippen LogP) is 3.40. The summed E-state index contributed by atoms with van der Waals surface area (Å²) in [6.07, 6.45) is 1.40. The first-order chi connectivity index (χ1) is 15.4. The zero-order valence-corrected chi connectivity index (χ0v) is 16.7. The molecule has 1 amide bonds. The molecule has 2 heterocycles. The summed E-state index contributed by atoms with van der Waals surface area (Å²) in [6, 6.07) is 0.936. The average molecular weight is 423 g/mol. The second kappa shape index (κ2) is 7.45. The van der Waals surface area contributed by atoms with E-state index in [4.69, 9.17) is 8.85 Å². The summed E-state index contributed by atoms with van der Waals surface area (Å²) in [5.41, 5.74) is 0.571. The van der Waals surface area contributed by atoms with E-state index in [1.807, 2.05) is 0 Å². The van der Waals surface area contributed by atoms with Gasteiger partial charge >= 0.3 is 0 Å². The Morgan fingerprint density at radius 3 is 2.53 bits per heavy atom. The third-order valence-corrected chi connectivity index (χ3v) is 5.73. The molecule has 2 aliphatic rings. The van der Waals surface area contributed by atoms with Crippen LogP contribution in [-0.2, 0) is 11.2 Å². The third kappa shape index (κ3) is 3.46. The van der Waals surface area contributed by atoms with Crippen molar-refractivity contribution in [3.63, 3.8) is 0 Å². The van der Waals surface area contributed by atoms with Gasteiger partial charge in [-0.25, -0.2) is 23.1 Å². The lowest BCUT2D eigenvalue weighted by Gasteiger charge is -2.38. The second-order valence-corrected chi connectivity index (χ2v) is 7.84. The largest absolute Gasteiger partial charge is 0.490 e. The standard InChI is InChI=1S/C21H23F3N4O2/c1-10-19-20(27(3)11(2)21(29)28(19)4)26-17(25-10)7-12-5-13(6-12)30-14-8-15(22)18(24)16(23)9-14/h8-9,11-13H,5-7H2,1-4H3/t11-,12?,13?/m0/s1/i4D3. The van der Waals surface area contributed by atoms with Crippen LogP contribution < -0.4 is 14.5 Å². The monoisotopic (exact) mass is 423 g/mol. The molecule has 1 saturated carbocycles. The number of fused-ring (bicyclic) bond motifs is 1. The molecule has 160 valence electrons. The van der Waals surface area contributed by atoms with Gasteiger partial charge in [0.1, 0.15) is 23.3 Å². The minimum Gasteiger partial charge on any atom is -0.490 e. The summed E-state index contributed by atoms with van der Waals surface area (Å²) >= 11 is 0. The van der Waals surface area contributed by atoms with E-state index in [9.17, 15) is 18.0 Å². The highest BCUT2D eigenvalue weighted by atomic mass is 19.2. The molecule has 1 aliphatic heterocycles. The molecule has 0 unspecified atom stereocenters. The number of hydrogen-bond donors (Lipinski definition) is 0. The SMILES string of the molecule is [2H]C([2H])([2H])N1C(=O)[C@H](C)N(C)c2nc(CC3CC(Oc4cc(F)c(F)c(F)c4)C3)nc(C)c21. The van der Waals surface area contributed by atoms with Gasteiger partial charge in [-0.1, -0.05) is 0 Å². The number of halogens is 3. The van der Waals surface area contributed by atoms with E-state index in [1.54, 1.807) is 25.8 Å². The van der Waals surface area contributed by atoms with Gasteiger partial charge in [0.15, 0.2) is 23.3 Å². The molecule has 1 fully saturated rings. The molecule has 1 aromatic heterocycles. The number of rotatable bonds is 4. The molecular weight excluding hydrogens is 397 g/mol. The zero-order valence-electron chi connectivity index (χ0n) is 19.7. The maximum Gasteiger partial charge on any atom is 0.249 e. The number of benzene rings is 1. The highest BCUT2D eigenvalue weighted by Gasteiger charge is 2.36. The molecule has 0 bridgehead atoms. The Morgan fingerprint density at radius 2 is 1.90 bits per heavy atom. The summed E-state index contributed by atoms with van der Waals surface area (Å²) in [6.45, 7) is 0.606. The van der Waals surface area contributed by atoms with Crippen LogP contribution in [0.4, 0.5) is 24.7 Å². The number of carbonyl (C=O) groups excluding carboxylic acids is 1. The van der Waals surface area contributed by atoms with Gasteiger partial charge < -0.3 is 14.5 Å². The van der Waals surface area contributed by atoms with E-state index in [0.29, 0.717) is 36.6 Å². The molecule has 1 aliphatic carbocycles. The van der Waals surface area contributed by atoms with Crippen molar-refractivity contribution in [2.45, 2.75) is 45.3 Å². The highest BCUT2D eigenvalue weighted by molar-refractivity contribution is 6.04. The molecule has 1 aromatic carbocycles. The molecule has 2 aromatic rings. The van der Waals surface area contributed by atoms with Crippen LogP contribution in [0.2, 0.25) is 0 Å². The number of aryl methyl sites for hydroxylation is 1. The van der Waals surface area contributed by atoms with Crippen LogP contribution in [0.1, 0.15) is 35.4 Å². The fourth-order valence-electron chi connectivity index (χ4n) is 3.84. The lowest BCUT2D eigenvalue weighted by molar-refractivity contribution is -0.119.